The molecule has 0 aromatic heterocycles. The maximum Gasteiger partial charge on any atom is 0.356 e. The zero-order valence-corrected chi connectivity index (χ0v) is 9.34. The van der Waals surface area contributed by atoms with Crippen molar-refractivity contribution in [3.05, 3.63) is 41.7 Å². The second-order valence-electron chi connectivity index (χ2n) is 3.82. The van der Waals surface area contributed by atoms with E-state index in [1.807, 2.05) is 24.3 Å². The maximum atomic E-state index is 11.5. The van der Waals surface area contributed by atoms with Gasteiger partial charge in [0.2, 0.25) is 0 Å². The lowest BCUT2D eigenvalue weighted by atomic mass is 10.1. The second kappa shape index (κ2) is 3.73. The van der Waals surface area contributed by atoms with E-state index in [-0.39, 0.29) is 6.04 Å². The molecule has 0 N–H and O–H groups in total. The SMILES string of the molecule is CCOC(=O)C1=NC2C(=C1)Oc1ccccc12. The van der Waals surface area contributed by atoms with Crippen LogP contribution < -0.4 is 4.74 Å². The van der Waals surface area contributed by atoms with Crippen LogP contribution in [-0.2, 0) is 9.53 Å². The summed E-state index contributed by atoms with van der Waals surface area (Å²) in [4.78, 5) is 15.9. The summed E-state index contributed by atoms with van der Waals surface area (Å²) in [5.74, 6) is 1.13. The topological polar surface area (TPSA) is 47.9 Å². The highest BCUT2D eigenvalue weighted by molar-refractivity contribution is 6.42. The number of carbonyl (C=O) groups is 1. The van der Waals surface area contributed by atoms with Crippen LogP contribution in [0.25, 0.3) is 0 Å². The third kappa shape index (κ3) is 1.53. The third-order valence-corrected chi connectivity index (χ3v) is 2.74. The molecule has 0 amide bonds. The van der Waals surface area contributed by atoms with Crippen LogP contribution in [0.15, 0.2) is 41.1 Å². The van der Waals surface area contributed by atoms with Crippen LogP contribution in [0.2, 0.25) is 0 Å². The molecule has 2 aliphatic rings. The molecule has 17 heavy (non-hydrogen) atoms. The summed E-state index contributed by atoms with van der Waals surface area (Å²) in [6.07, 6.45) is 1.66. The fourth-order valence-corrected chi connectivity index (χ4v) is 2.00. The summed E-state index contributed by atoms with van der Waals surface area (Å²) in [5, 5.41) is 0. The van der Waals surface area contributed by atoms with Crippen LogP contribution in [0, 0.1) is 0 Å². The van der Waals surface area contributed by atoms with Gasteiger partial charge in [0.25, 0.3) is 0 Å². The molecule has 0 bridgehead atoms. The van der Waals surface area contributed by atoms with Gasteiger partial charge in [-0.2, -0.15) is 0 Å². The Hall–Kier alpha value is -2.10. The summed E-state index contributed by atoms with van der Waals surface area (Å²) in [5.41, 5.74) is 1.33. The van der Waals surface area contributed by atoms with E-state index in [0.717, 1.165) is 11.3 Å². The average molecular weight is 229 g/mol. The first-order valence-corrected chi connectivity index (χ1v) is 5.53. The number of esters is 1. The second-order valence-corrected chi connectivity index (χ2v) is 3.82. The van der Waals surface area contributed by atoms with Crippen molar-refractivity contribution in [3.8, 4) is 5.75 Å². The smallest absolute Gasteiger partial charge is 0.356 e. The summed E-state index contributed by atoms with van der Waals surface area (Å²) >= 11 is 0. The summed E-state index contributed by atoms with van der Waals surface area (Å²) in [7, 11) is 0. The van der Waals surface area contributed by atoms with Gasteiger partial charge in [-0.15, -0.1) is 0 Å². The Balaban J connectivity index is 1.92. The van der Waals surface area contributed by atoms with Gasteiger partial charge in [-0.3, -0.25) is 4.99 Å². The number of para-hydroxylation sites is 1. The number of hydrogen-bond acceptors (Lipinski definition) is 4. The van der Waals surface area contributed by atoms with Gasteiger partial charge in [-0.25, -0.2) is 4.79 Å². The van der Waals surface area contributed by atoms with Crippen molar-refractivity contribution in [1.29, 1.82) is 0 Å². The van der Waals surface area contributed by atoms with E-state index >= 15 is 0 Å². The number of ether oxygens (including phenoxy) is 2. The molecule has 0 spiro atoms. The lowest BCUT2D eigenvalue weighted by Gasteiger charge is -2.01. The monoisotopic (exact) mass is 229 g/mol. The van der Waals surface area contributed by atoms with Crippen molar-refractivity contribution in [1.82, 2.24) is 0 Å². The molecule has 0 aliphatic carbocycles. The molecule has 0 saturated carbocycles. The molecule has 3 rings (SSSR count). The fourth-order valence-electron chi connectivity index (χ4n) is 2.00. The first kappa shape index (κ1) is 10.1. The average Bonchev–Trinajstić information content (AvgIpc) is 2.86. The van der Waals surface area contributed by atoms with Gasteiger partial charge >= 0.3 is 5.97 Å². The van der Waals surface area contributed by atoms with Crippen molar-refractivity contribution < 1.29 is 14.3 Å². The van der Waals surface area contributed by atoms with Gasteiger partial charge < -0.3 is 9.47 Å². The Morgan fingerprint density at radius 1 is 1.47 bits per heavy atom. The maximum absolute atomic E-state index is 11.5. The first-order chi connectivity index (χ1) is 8.29. The Morgan fingerprint density at radius 3 is 3.12 bits per heavy atom. The molecular weight excluding hydrogens is 218 g/mol. The number of hydrogen-bond donors (Lipinski definition) is 0. The van der Waals surface area contributed by atoms with Crippen molar-refractivity contribution in [3.63, 3.8) is 0 Å². The lowest BCUT2D eigenvalue weighted by Crippen LogP contribution is -2.14. The highest BCUT2D eigenvalue weighted by Crippen LogP contribution is 2.43. The van der Waals surface area contributed by atoms with E-state index in [0.29, 0.717) is 18.1 Å². The van der Waals surface area contributed by atoms with Crippen molar-refractivity contribution in [2.45, 2.75) is 13.0 Å². The van der Waals surface area contributed by atoms with E-state index < -0.39 is 5.97 Å². The van der Waals surface area contributed by atoms with E-state index in [1.54, 1.807) is 13.0 Å². The molecule has 2 aliphatic heterocycles. The van der Waals surface area contributed by atoms with Gasteiger partial charge in [-0.05, 0) is 13.0 Å². The zero-order valence-electron chi connectivity index (χ0n) is 9.34. The number of carbonyl (C=O) groups excluding carboxylic acids is 1. The summed E-state index contributed by atoms with van der Waals surface area (Å²) in [6, 6.07) is 7.52. The zero-order chi connectivity index (χ0) is 11.8. The third-order valence-electron chi connectivity index (χ3n) is 2.74. The number of aliphatic imine (C=N–C) groups is 1. The van der Waals surface area contributed by atoms with Crippen LogP contribution in [0.3, 0.4) is 0 Å². The molecule has 86 valence electrons. The molecule has 4 nitrogen and oxygen atoms in total. The summed E-state index contributed by atoms with van der Waals surface area (Å²) in [6.45, 7) is 2.12. The molecule has 2 heterocycles. The van der Waals surface area contributed by atoms with Gasteiger partial charge in [0, 0.05) is 11.6 Å². The van der Waals surface area contributed by atoms with E-state index in [9.17, 15) is 4.79 Å². The number of rotatable bonds is 2. The molecule has 4 heteroatoms. The van der Waals surface area contributed by atoms with Gasteiger partial charge in [-0.1, -0.05) is 18.2 Å². The predicted octanol–water partition coefficient (Wildman–Crippen LogP) is 2.02. The first-order valence-electron chi connectivity index (χ1n) is 5.53. The molecule has 1 atom stereocenters. The van der Waals surface area contributed by atoms with E-state index in [4.69, 9.17) is 9.47 Å². The van der Waals surface area contributed by atoms with Crippen LogP contribution >= 0.6 is 0 Å². The minimum atomic E-state index is -0.393. The van der Waals surface area contributed by atoms with Crippen molar-refractivity contribution >= 4 is 11.7 Å². The highest BCUT2D eigenvalue weighted by atomic mass is 16.5. The van der Waals surface area contributed by atoms with Crippen LogP contribution in [-0.4, -0.2) is 18.3 Å². The molecule has 0 saturated heterocycles. The molecule has 1 unspecified atom stereocenters. The number of fused-ring (bicyclic) bond motifs is 3. The standard InChI is InChI=1S/C13H11NO3/c1-2-16-13(15)9-7-11-12(14-9)8-5-3-4-6-10(8)17-11/h3-7,12H,2H2,1H3. The van der Waals surface area contributed by atoms with Gasteiger partial charge in [0.15, 0.2) is 0 Å². The predicted molar refractivity (Wildman–Crippen MR) is 62.0 cm³/mol. The molecule has 0 radical (unpaired) electrons. The van der Waals surface area contributed by atoms with E-state index in [2.05, 4.69) is 4.99 Å². The fraction of sp³-hybridized carbons (Fsp3) is 0.231. The van der Waals surface area contributed by atoms with Crippen molar-refractivity contribution in [2.75, 3.05) is 6.61 Å². The molecular formula is C13H11NO3. The van der Waals surface area contributed by atoms with Crippen LogP contribution in [0.5, 0.6) is 5.75 Å². The number of nitrogens with zero attached hydrogens (tertiary/aromatic N) is 1. The van der Waals surface area contributed by atoms with Gasteiger partial charge in [0.05, 0.1) is 6.61 Å². The van der Waals surface area contributed by atoms with Crippen LogP contribution in [0.4, 0.5) is 0 Å². The Morgan fingerprint density at radius 2 is 2.29 bits per heavy atom. The molecule has 0 fully saturated rings. The summed E-state index contributed by atoms with van der Waals surface area (Å²) < 4.78 is 10.5. The lowest BCUT2D eigenvalue weighted by molar-refractivity contribution is -0.134. The highest BCUT2D eigenvalue weighted by Gasteiger charge is 2.35. The molecule has 1 aromatic rings. The Labute approximate surface area is 98.6 Å². The van der Waals surface area contributed by atoms with Gasteiger partial charge in [0.1, 0.15) is 23.3 Å². The number of benzene rings is 1. The minimum absolute atomic E-state index is 0.175. The normalized spacial score (nSPS) is 19.9. The van der Waals surface area contributed by atoms with E-state index in [1.165, 1.54) is 0 Å². The largest absolute Gasteiger partial charge is 0.461 e. The minimum Gasteiger partial charge on any atom is -0.461 e. The Kier molecular flexibility index (Phi) is 2.21. The molecule has 1 aromatic carbocycles. The van der Waals surface area contributed by atoms with Crippen LogP contribution in [0.1, 0.15) is 18.5 Å². The quantitative estimate of drug-likeness (QED) is 0.729. The van der Waals surface area contributed by atoms with Crippen molar-refractivity contribution in [2.24, 2.45) is 4.99 Å². The Bertz CT molecular complexity index is 545.